The molecule has 1 aromatic heterocycles. The van der Waals surface area contributed by atoms with Crippen molar-refractivity contribution in [2.75, 3.05) is 43.4 Å². The second-order valence-electron chi connectivity index (χ2n) is 8.40. The highest BCUT2D eigenvalue weighted by Gasteiger charge is 2.24. The molecule has 0 spiro atoms. The molecule has 0 radical (unpaired) electrons. The van der Waals surface area contributed by atoms with Gasteiger partial charge in [-0.05, 0) is 48.4 Å². The standard InChI is InChI=1S/C27H29N5O3/c1-2-20-7-3-4-11-24(20)30-25(33)19-31-13-15-32(16-14-31)27(35)21-8-5-10-23(17-21)29-26(34)22-9-6-12-28-18-22/h3-12,17-18H,2,13-16,19H2,1H3,(H,29,34)(H,30,33). The molecule has 2 heterocycles. The molecule has 0 aliphatic carbocycles. The lowest BCUT2D eigenvalue weighted by Crippen LogP contribution is -2.50. The summed E-state index contributed by atoms with van der Waals surface area (Å²) in [6.45, 7) is 4.65. The first-order valence-corrected chi connectivity index (χ1v) is 11.7. The topological polar surface area (TPSA) is 94.6 Å². The Morgan fingerprint density at radius 3 is 2.40 bits per heavy atom. The van der Waals surface area contributed by atoms with Gasteiger partial charge in [0.1, 0.15) is 0 Å². The van der Waals surface area contributed by atoms with E-state index < -0.39 is 0 Å². The van der Waals surface area contributed by atoms with Crippen molar-refractivity contribution in [3.8, 4) is 0 Å². The number of carbonyl (C=O) groups is 3. The highest BCUT2D eigenvalue weighted by Crippen LogP contribution is 2.17. The van der Waals surface area contributed by atoms with Crippen molar-refractivity contribution in [3.63, 3.8) is 0 Å². The minimum atomic E-state index is -0.281. The lowest BCUT2D eigenvalue weighted by atomic mass is 10.1. The summed E-state index contributed by atoms with van der Waals surface area (Å²) in [4.78, 5) is 45.8. The number of anilines is 2. The molecule has 0 unspecified atom stereocenters. The van der Waals surface area contributed by atoms with Gasteiger partial charge in [-0.15, -0.1) is 0 Å². The molecule has 1 aliphatic rings. The maximum atomic E-state index is 13.1. The minimum absolute atomic E-state index is 0.0530. The molecule has 0 saturated carbocycles. The van der Waals surface area contributed by atoms with E-state index in [0.29, 0.717) is 43.0 Å². The van der Waals surface area contributed by atoms with Crippen LogP contribution in [0.2, 0.25) is 0 Å². The fourth-order valence-corrected chi connectivity index (χ4v) is 4.07. The lowest BCUT2D eigenvalue weighted by Gasteiger charge is -2.34. The number of nitrogens with one attached hydrogen (secondary N) is 2. The molecule has 8 heteroatoms. The molecular formula is C27H29N5O3. The molecule has 1 fully saturated rings. The number of benzene rings is 2. The average Bonchev–Trinajstić information content (AvgIpc) is 2.89. The summed E-state index contributed by atoms with van der Waals surface area (Å²) in [6.07, 6.45) is 3.95. The predicted octanol–water partition coefficient (Wildman–Crippen LogP) is 3.29. The fourth-order valence-electron chi connectivity index (χ4n) is 4.07. The van der Waals surface area contributed by atoms with E-state index in [-0.39, 0.29) is 24.3 Å². The Bertz CT molecular complexity index is 1190. The zero-order valence-electron chi connectivity index (χ0n) is 19.7. The van der Waals surface area contributed by atoms with Crippen LogP contribution >= 0.6 is 0 Å². The van der Waals surface area contributed by atoms with Crippen LogP contribution in [-0.2, 0) is 11.2 Å². The summed E-state index contributed by atoms with van der Waals surface area (Å²) in [5.74, 6) is -0.428. The number of hydrogen-bond donors (Lipinski definition) is 2. The SMILES string of the molecule is CCc1ccccc1NC(=O)CN1CCN(C(=O)c2cccc(NC(=O)c3cccnc3)c2)CC1. The smallest absolute Gasteiger partial charge is 0.257 e. The summed E-state index contributed by atoms with van der Waals surface area (Å²) in [7, 11) is 0. The van der Waals surface area contributed by atoms with Gasteiger partial charge in [0.25, 0.3) is 11.8 Å². The first kappa shape index (κ1) is 24.1. The molecule has 1 aliphatic heterocycles. The Morgan fingerprint density at radius 1 is 0.886 bits per heavy atom. The predicted molar refractivity (Wildman–Crippen MR) is 135 cm³/mol. The van der Waals surface area contributed by atoms with Crippen LogP contribution in [0.1, 0.15) is 33.2 Å². The third-order valence-electron chi connectivity index (χ3n) is 5.99. The number of aromatic nitrogens is 1. The molecule has 0 bridgehead atoms. The van der Waals surface area contributed by atoms with Crippen molar-refractivity contribution in [2.24, 2.45) is 0 Å². The van der Waals surface area contributed by atoms with Crippen LogP contribution in [0, 0.1) is 0 Å². The minimum Gasteiger partial charge on any atom is -0.336 e. The van der Waals surface area contributed by atoms with Gasteiger partial charge in [-0.25, -0.2) is 0 Å². The summed E-state index contributed by atoms with van der Waals surface area (Å²) >= 11 is 0. The molecule has 1 saturated heterocycles. The Kier molecular flexibility index (Phi) is 7.84. The molecule has 8 nitrogen and oxygen atoms in total. The van der Waals surface area contributed by atoms with Crippen LogP contribution in [0.5, 0.6) is 0 Å². The van der Waals surface area contributed by atoms with Gasteiger partial charge in [-0.1, -0.05) is 31.2 Å². The molecule has 3 aromatic rings. The second kappa shape index (κ2) is 11.4. The number of amides is 3. The van der Waals surface area contributed by atoms with Crippen LogP contribution in [0.4, 0.5) is 11.4 Å². The number of para-hydroxylation sites is 1. The van der Waals surface area contributed by atoms with E-state index in [4.69, 9.17) is 0 Å². The summed E-state index contributed by atoms with van der Waals surface area (Å²) in [5.41, 5.74) is 3.46. The van der Waals surface area contributed by atoms with E-state index in [9.17, 15) is 14.4 Å². The number of carbonyl (C=O) groups excluding carboxylic acids is 3. The van der Waals surface area contributed by atoms with Gasteiger partial charge in [0.05, 0.1) is 12.1 Å². The number of aryl methyl sites for hydroxylation is 1. The summed E-state index contributed by atoms with van der Waals surface area (Å²) in [6, 6.07) is 18.1. The van der Waals surface area contributed by atoms with Gasteiger partial charge in [-0.2, -0.15) is 0 Å². The lowest BCUT2D eigenvalue weighted by molar-refractivity contribution is -0.117. The largest absolute Gasteiger partial charge is 0.336 e. The Labute approximate surface area is 205 Å². The summed E-state index contributed by atoms with van der Waals surface area (Å²) in [5, 5.41) is 5.81. The van der Waals surface area contributed by atoms with Crippen LogP contribution in [0.15, 0.2) is 73.1 Å². The van der Waals surface area contributed by atoms with Crippen LogP contribution in [0.3, 0.4) is 0 Å². The Hall–Kier alpha value is -4.04. The van der Waals surface area contributed by atoms with E-state index >= 15 is 0 Å². The maximum absolute atomic E-state index is 13.1. The molecule has 0 atom stereocenters. The van der Waals surface area contributed by atoms with Crippen LogP contribution < -0.4 is 10.6 Å². The van der Waals surface area contributed by atoms with Crippen molar-refractivity contribution < 1.29 is 14.4 Å². The van der Waals surface area contributed by atoms with E-state index in [1.54, 1.807) is 47.5 Å². The average molecular weight is 472 g/mol. The number of piperazine rings is 1. The van der Waals surface area contributed by atoms with E-state index in [0.717, 1.165) is 17.7 Å². The van der Waals surface area contributed by atoms with Crippen molar-refractivity contribution in [3.05, 3.63) is 89.7 Å². The molecular weight excluding hydrogens is 442 g/mol. The molecule has 180 valence electrons. The van der Waals surface area contributed by atoms with Gasteiger partial charge in [0.15, 0.2) is 0 Å². The van der Waals surface area contributed by atoms with Crippen LogP contribution in [-0.4, -0.2) is 65.2 Å². The van der Waals surface area contributed by atoms with E-state index in [1.165, 1.54) is 6.20 Å². The molecule has 2 N–H and O–H groups in total. The molecule has 4 rings (SSSR count). The van der Waals surface area contributed by atoms with Crippen molar-refractivity contribution in [1.82, 2.24) is 14.8 Å². The van der Waals surface area contributed by atoms with E-state index in [2.05, 4.69) is 27.4 Å². The Morgan fingerprint density at radius 2 is 1.66 bits per heavy atom. The van der Waals surface area contributed by atoms with Crippen LogP contribution in [0.25, 0.3) is 0 Å². The van der Waals surface area contributed by atoms with Gasteiger partial charge in [-0.3, -0.25) is 24.3 Å². The number of rotatable bonds is 7. The molecule has 35 heavy (non-hydrogen) atoms. The number of pyridine rings is 1. The second-order valence-corrected chi connectivity index (χ2v) is 8.40. The molecule has 2 aromatic carbocycles. The highest BCUT2D eigenvalue weighted by atomic mass is 16.2. The zero-order chi connectivity index (χ0) is 24.6. The van der Waals surface area contributed by atoms with E-state index in [1.807, 2.05) is 24.3 Å². The monoisotopic (exact) mass is 471 g/mol. The summed E-state index contributed by atoms with van der Waals surface area (Å²) < 4.78 is 0. The van der Waals surface area contributed by atoms with Crippen molar-refractivity contribution in [1.29, 1.82) is 0 Å². The third-order valence-corrected chi connectivity index (χ3v) is 5.99. The van der Waals surface area contributed by atoms with Crippen molar-refractivity contribution >= 4 is 29.1 Å². The highest BCUT2D eigenvalue weighted by molar-refractivity contribution is 6.05. The third kappa shape index (κ3) is 6.30. The Balaban J connectivity index is 1.29. The normalized spacial score (nSPS) is 13.8. The van der Waals surface area contributed by atoms with Crippen molar-refractivity contribution in [2.45, 2.75) is 13.3 Å². The quantitative estimate of drug-likeness (QED) is 0.552. The first-order chi connectivity index (χ1) is 17.0. The number of hydrogen-bond acceptors (Lipinski definition) is 5. The van der Waals surface area contributed by atoms with Gasteiger partial charge < -0.3 is 15.5 Å². The molecule has 3 amide bonds. The van der Waals surface area contributed by atoms with Gasteiger partial charge >= 0.3 is 0 Å². The van der Waals surface area contributed by atoms with Gasteiger partial charge in [0, 0.05) is 55.5 Å². The zero-order valence-corrected chi connectivity index (χ0v) is 19.7. The number of nitrogens with zero attached hydrogens (tertiary/aromatic N) is 3. The van der Waals surface area contributed by atoms with Gasteiger partial charge in [0.2, 0.25) is 5.91 Å². The fraction of sp³-hybridized carbons (Fsp3) is 0.259. The maximum Gasteiger partial charge on any atom is 0.257 e. The first-order valence-electron chi connectivity index (χ1n) is 11.7.